The van der Waals surface area contributed by atoms with E-state index in [-0.39, 0.29) is 12.3 Å². The summed E-state index contributed by atoms with van der Waals surface area (Å²) in [5.41, 5.74) is 10.2. The lowest BCUT2D eigenvalue weighted by molar-refractivity contribution is 0.387. The number of benzene rings is 3. The SMILES string of the molecule is COc1cc(-c2cccc(-c3cc(F)c(CN)c(OC)c3)c2C)ccc1F. The summed E-state index contributed by atoms with van der Waals surface area (Å²) in [7, 11) is 2.92. The molecule has 3 aromatic carbocycles. The van der Waals surface area contributed by atoms with E-state index in [1.807, 2.05) is 25.1 Å². The molecule has 0 radical (unpaired) electrons. The van der Waals surface area contributed by atoms with Crippen molar-refractivity contribution in [2.24, 2.45) is 5.73 Å². The topological polar surface area (TPSA) is 44.5 Å². The van der Waals surface area contributed by atoms with E-state index >= 15 is 0 Å². The van der Waals surface area contributed by atoms with Gasteiger partial charge in [-0.2, -0.15) is 0 Å². The Kier molecular flexibility index (Phi) is 5.42. The molecule has 0 unspecified atom stereocenters. The van der Waals surface area contributed by atoms with Crippen LogP contribution in [-0.4, -0.2) is 14.2 Å². The van der Waals surface area contributed by atoms with Crippen LogP contribution in [0.4, 0.5) is 8.78 Å². The Hall–Kier alpha value is -2.92. The number of nitrogens with two attached hydrogens (primary N) is 1. The summed E-state index contributed by atoms with van der Waals surface area (Å²) < 4.78 is 38.6. The molecule has 5 heteroatoms. The highest BCUT2D eigenvalue weighted by Gasteiger charge is 2.15. The Balaban J connectivity index is 2.15. The summed E-state index contributed by atoms with van der Waals surface area (Å²) in [6.07, 6.45) is 0. The molecule has 3 nitrogen and oxygen atoms in total. The first-order valence-electron chi connectivity index (χ1n) is 8.50. The number of hydrogen-bond donors (Lipinski definition) is 1. The van der Waals surface area contributed by atoms with Gasteiger partial charge in [-0.25, -0.2) is 8.78 Å². The Morgan fingerprint density at radius 1 is 0.815 bits per heavy atom. The second-order valence-corrected chi connectivity index (χ2v) is 6.17. The van der Waals surface area contributed by atoms with Crippen LogP contribution in [0.25, 0.3) is 22.3 Å². The molecule has 140 valence electrons. The minimum absolute atomic E-state index is 0.0592. The van der Waals surface area contributed by atoms with Gasteiger partial charge in [0, 0.05) is 12.1 Å². The number of halogens is 2. The van der Waals surface area contributed by atoms with Gasteiger partial charge in [-0.3, -0.25) is 0 Å². The summed E-state index contributed by atoms with van der Waals surface area (Å²) in [6, 6.07) is 13.7. The minimum Gasteiger partial charge on any atom is -0.496 e. The summed E-state index contributed by atoms with van der Waals surface area (Å²) in [5.74, 6) is -0.225. The van der Waals surface area contributed by atoms with Crippen molar-refractivity contribution in [2.75, 3.05) is 14.2 Å². The normalized spacial score (nSPS) is 10.7. The first-order valence-corrected chi connectivity index (χ1v) is 8.50. The van der Waals surface area contributed by atoms with E-state index in [1.165, 1.54) is 26.4 Å². The van der Waals surface area contributed by atoms with Gasteiger partial charge in [-0.15, -0.1) is 0 Å². The van der Waals surface area contributed by atoms with Crippen molar-refractivity contribution in [2.45, 2.75) is 13.5 Å². The van der Waals surface area contributed by atoms with Gasteiger partial charge in [0.2, 0.25) is 0 Å². The van der Waals surface area contributed by atoms with E-state index in [4.69, 9.17) is 15.2 Å². The van der Waals surface area contributed by atoms with Crippen LogP contribution in [0, 0.1) is 18.6 Å². The second-order valence-electron chi connectivity index (χ2n) is 6.17. The van der Waals surface area contributed by atoms with Gasteiger partial charge in [-0.1, -0.05) is 24.3 Å². The molecule has 0 heterocycles. The number of rotatable bonds is 5. The van der Waals surface area contributed by atoms with Gasteiger partial charge in [0.05, 0.1) is 14.2 Å². The average Bonchev–Trinajstić information content (AvgIpc) is 2.68. The lowest BCUT2D eigenvalue weighted by Crippen LogP contribution is -2.03. The largest absolute Gasteiger partial charge is 0.496 e. The highest BCUT2D eigenvalue weighted by molar-refractivity contribution is 5.79. The summed E-state index contributed by atoms with van der Waals surface area (Å²) >= 11 is 0. The van der Waals surface area contributed by atoms with E-state index < -0.39 is 11.6 Å². The quantitative estimate of drug-likeness (QED) is 0.682. The molecule has 0 atom stereocenters. The standard InChI is InChI=1S/C22H21F2NO2/c1-13-16(14-7-8-19(23)22(10-14)27-3)5-4-6-17(13)15-9-20(24)18(12-25)21(11-15)26-2/h4-11H,12,25H2,1-3H3. The molecule has 0 aliphatic heterocycles. The molecule has 0 fully saturated rings. The third kappa shape index (κ3) is 3.51. The zero-order valence-electron chi connectivity index (χ0n) is 15.5. The average molecular weight is 369 g/mol. The van der Waals surface area contributed by atoms with Crippen molar-refractivity contribution in [1.29, 1.82) is 0 Å². The summed E-state index contributed by atoms with van der Waals surface area (Å²) in [4.78, 5) is 0. The molecule has 27 heavy (non-hydrogen) atoms. The van der Waals surface area contributed by atoms with Crippen LogP contribution >= 0.6 is 0 Å². The molecule has 0 amide bonds. The van der Waals surface area contributed by atoms with Crippen molar-refractivity contribution in [3.8, 4) is 33.8 Å². The van der Waals surface area contributed by atoms with Crippen LogP contribution in [0.1, 0.15) is 11.1 Å². The van der Waals surface area contributed by atoms with E-state index in [9.17, 15) is 8.78 Å². The van der Waals surface area contributed by atoms with E-state index in [0.29, 0.717) is 16.9 Å². The molecule has 0 aliphatic rings. The van der Waals surface area contributed by atoms with E-state index in [2.05, 4.69) is 0 Å². The first-order chi connectivity index (χ1) is 13.0. The molecular formula is C22H21F2NO2. The summed E-state index contributed by atoms with van der Waals surface area (Å²) in [6.45, 7) is 2.01. The fourth-order valence-corrected chi connectivity index (χ4v) is 3.24. The third-order valence-corrected chi connectivity index (χ3v) is 4.69. The Morgan fingerprint density at radius 3 is 2.07 bits per heavy atom. The molecule has 0 bridgehead atoms. The third-order valence-electron chi connectivity index (χ3n) is 4.69. The predicted octanol–water partition coefficient (Wildman–Crippen LogP) is 5.08. The molecule has 3 rings (SSSR count). The predicted molar refractivity (Wildman–Crippen MR) is 103 cm³/mol. The van der Waals surface area contributed by atoms with Gasteiger partial charge in [0.1, 0.15) is 11.6 Å². The van der Waals surface area contributed by atoms with E-state index in [0.717, 1.165) is 22.3 Å². The van der Waals surface area contributed by atoms with Gasteiger partial charge < -0.3 is 15.2 Å². The van der Waals surface area contributed by atoms with Crippen molar-refractivity contribution in [3.63, 3.8) is 0 Å². The number of methoxy groups -OCH3 is 2. The number of hydrogen-bond acceptors (Lipinski definition) is 3. The highest BCUT2D eigenvalue weighted by atomic mass is 19.1. The molecule has 0 saturated heterocycles. The molecule has 0 aromatic heterocycles. The number of ether oxygens (including phenoxy) is 2. The van der Waals surface area contributed by atoms with Gasteiger partial charge in [-0.05, 0) is 59.0 Å². The smallest absolute Gasteiger partial charge is 0.165 e. The Morgan fingerprint density at radius 2 is 1.44 bits per heavy atom. The zero-order valence-corrected chi connectivity index (χ0v) is 15.5. The van der Waals surface area contributed by atoms with E-state index in [1.54, 1.807) is 18.2 Å². The molecule has 0 saturated carbocycles. The van der Waals surface area contributed by atoms with Gasteiger partial charge in [0.15, 0.2) is 11.6 Å². The van der Waals surface area contributed by atoms with Crippen molar-refractivity contribution >= 4 is 0 Å². The van der Waals surface area contributed by atoms with Gasteiger partial charge in [0.25, 0.3) is 0 Å². The van der Waals surface area contributed by atoms with Crippen LogP contribution in [0.15, 0.2) is 48.5 Å². The maximum absolute atomic E-state index is 14.5. The van der Waals surface area contributed by atoms with Crippen molar-refractivity contribution in [1.82, 2.24) is 0 Å². The van der Waals surface area contributed by atoms with Crippen LogP contribution in [0.2, 0.25) is 0 Å². The fraction of sp³-hybridized carbons (Fsp3) is 0.182. The second kappa shape index (κ2) is 7.76. The van der Waals surface area contributed by atoms with Crippen LogP contribution < -0.4 is 15.2 Å². The molecule has 0 aliphatic carbocycles. The molecule has 2 N–H and O–H groups in total. The Bertz CT molecular complexity index is 986. The van der Waals surface area contributed by atoms with Crippen molar-refractivity contribution in [3.05, 3.63) is 71.3 Å². The monoisotopic (exact) mass is 369 g/mol. The Labute approximate surface area is 157 Å². The maximum atomic E-state index is 14.5. The zero-order chi connectivity index (χ0) is 19.6. The lowest BCUT2D eigenvalue weighted by atomic mass is 9.92. The molecule has 3 aromatic rings. The lowest BCUT2D eigenvalue weighted by Gasteiger charge is -2.15. The molecular weight excluding hydrogens is 348 g/mol. The van der Waals surface area contributed by atoms with Crippen LogP contribution in [0.3, 0.4) is 0 Å². The fourth-order valence-electron chi connectivity index (χ4n) is 3.24. The first kappa shape index (κ1) is 18.9. The minimum atomic E-state index is -0.417. The maximum Gasteiger partial charge on any atom is 0.165 e. The van der Waals surface area contributed by atoms with Crippen molar-refractivity contribution < 1.29 is 18.3 Å². The summed E-state index contributed by atoms with van der Waals surface area (Å²) in [5, 5.41) is 0. The van der Waals surface area contributed by atoms with Gasteiger partial charge >= 0.3 is 0 Å². The highest BCUT2D eigenvalue weighted by Crippen LogP contribution is 2.36. The van der Waals surface area contributed by atoms with Crippen LogP contribution in [-0.2, 0) is 6.54 Å². The van der Waals surface area contributed by atoms with Crippen LogP contribution in [0.5, 0.6) is 11.5 Å². The molecule has 0 spiro atoms.